The summed E-state index contributed by atoms with van der Waals surface area (Å²) in [4.78, 5) is 9.40. The van der Waals surface area contributed by atoms with Crippen LogP contribution in [0.5, 0.6) is 0 Å². The van der Waals surface area contributed by atoms with E-state index in [2.05, 4.69) is 12.3 Å². The number of primary amides is 1. The van der Waals surface area contributed by atoms with Crippen LogP contribution in [0.25, 0.3) is 0 Å². The summed E-state index contributed by atoms with van der Waals surface area (Å²) in [5, 5.41) is 0. The van der Waals surface area contributed by atoms with Gasteiger partial charge in [-0.3, -0.25) is 9.35 Å². The van der Waals surface area contributed by atoms with Crippen molar-refractivity contribution in [1.29, 1.82) is 0 Å². The second-order valence-corrected chi connectivity index (χ2v) is 3.82. The Morgan fingerprint density at radius 2 is 1.73 bits per heavy atom. The van der Waals surface area contributed by atoms with E-state index in [9.17, 15) is 13.2 Å². The van der Waals surface area contributed by atoms with Gasteiger partial charge in [0.15, 0.2) is 0 Å². The van der Waals surface area contributed by atoms with E-state index in [1.54, 1.807) is 18.2 Å². The van der Waals surface area contributed by atoms with Crippen LogP contribution in [0.4, 0.5) is 0 Å². The Hall–Kier alpha value is -1.66. The minimum absolute atomic E-state index is 0.0741. The number of carbonyl (C=O) groups is 1. The van der Waals surface area contributed by atoms with Gasteiger partial charge in [-0.25, -0.2) is 0 Å². The van der Waals surface area contributed by atoms with Crippen LogP contribution in [0.1, 0.15) is 0 Å². The number of nitrogens with two attached hydrogens (primary N) is 1. The number of hydrogen-bond donors (Lipinski definition) is 2. The quantitative estimate of drug-likeness (QED) is 0.573. The van der Waals surface area contributed by atoms with Crippen molar-refractivity contribution in [1.82, 2.24) is 0 Å². The number of amides is 1. The molecule has 1 amide bonds. The van der Waals surface area contributed by atoms with Gasteiger partial charge in [0.2, 0.25) is 5.91 Å². The third kappa shape index (κ3) is 6.42. The van der Waals surface area contributed by atoms with Crippen molar-refractivity contribution in [3.8, 4) is 0 Å². The van der Waals surface area contributed by atoms with Crippen LogP contribution in [-0.2, 0) is 14.9 Å². The van der Waals surface area contributed by atoms with E-state index in [0.29, 0.717) is 0 Å². The Bertz CT molecular complexity index is 425. The van der Waals surface area contributed by atoms with Crippen LogP contribution in [0.2, 0.25) is 0 Å². The molecule has 0 spiro atoms. The van der Waals surface area contributed by atoms with Gasteiger partial charge in [0.05, 0.1) is 4.90 Å². The molecule has 1 aromatic carbocycles. The molecule has 15 heavy (non-hydrogen) atoms. The molecule has 0 aliphatic carbocycles. The predicted octanol–water partition coefficient (Wildman–Crippen LogP) is 0.591. The minimum Gasteiger partial charge on any atom is -0.366 e. The van der Waals surface area contributed by atoms with Crippen LogP contribution < -0.4 is 5.73 Å². The Morgan fingerprint density at radius 3 is 1.93 bits per heavy atom. The van der Waals surface area contributed by atoms with Gasteiger partial charge in [-0.1, -0.05) is 24.8 Å². The van der Waals surface area contributed by atoms with Crippen LogP contribution in [0.15, 0.2) is 47.9 Å². The highest BCUT2D eigenvalue weighted by Crippen LogP contribution is 2.05. The van der Waals surface area contributed by atoms with E-state index in [0.717, 1.165) is 6.08 Å². The maximum atomic E-state index is 10.4. The Balaban J connectivity index is 0.000000336. The molecule has 0 radical (unpaired) electrons. The summed E-state index contributed by atoms with van der Waals surface area (Å²) in [6, 6.07) is 7.42. The van der Waals surface area contributed by atoms with E-state index >= 15 is 0 Å². The van der Waals surface area contributed by atoms with Crippen molar-refractivity contribution >= 4 is 16.0 Å². The summed E-state index contributed by atoms with van der Waals surface area (Å²) in [6.45, 7) is 3.09. The molecule has 0 fully saturated rings. The van der Waals surface area contributed by atoms with Gasteiger partial charge in [0.1, 0.15) is 0 Å². The molecule has 0 saturated heterocycles. The average Bonchev–Trinajstić information content (AvgIpc) is 2.19. The first-order valence-electron chi connectivity index (χ1n) is 3.82. The fraction of sp³-hybridized carbons (Fsp3) is 0. The van der Waals surface area contributed by atoms with Crippen molar-refractivity contribution in [3.63, 3.8) is 0 Å². The second kappa shape index (κ2) is 5.94. The van der Waals surface area contributed by atoms with Crippen molar-refractivity contribution < 1.29 is 17.8 Å². The fourth-order valence-electron chi connectivity index (χ4n) is 0.592. The maximum absolute atomic E-state index is 10.4. The molecule has 0 aliphatic heterocycles. The summed E-state index contributed by atoms with van der Waals surface area (Å²) in [5.41, 5.74) is 4.53. The van der Waals surface area contributed by atoms with E-state index in [-0.39, 0.29) is 4.90 Å². The lowest BCUT2D eigenvalue weighted by atomic mass is 10.4. The Morgan fingerprint density at radius 1 is 1.33 bits per heavy atom. The number of rotatable bonds is 2. The summed E-state index contributed by atoms with van der Waals surface area (Å²) in [7, 11) is -4.00. The smallest absolute Gasteiger partial charge is 0.294 e. The first-order valence-corrected chi connectivity index (χ1v) is 5.26. The van der Waals surface area contributed by atoms with Gasteiger partial charge in [0.25, 0.3) is 10.1 Å². The lowest BCUT2D eigenvalue weighted by molar-refractivity contribution is -0.113. The number of carbonyl (C=O) groups excluding carboxylic acids is 1. The third-order valence-electron chi connectivity index (χ3n) is 1.24. The SMILES string of the molecule is C=CC(N)=O.O=S(=O)(O)c1ccccc1. The molecule has 0 heterocycles. The van der Waals surface area contributed by atoms with Gasteiger partial charge < -0.3 is 5.73 Å². The molecule has 0 saturated carbocycles. The van der Waals surface area contributed by atoms with E-state index in [1.165, 1.54) is 12.1 Å². The topological polar surface area (TPSA) is 97.5 Å². The third-order valence-corrected chi connectivity index (χ3v) is 2.11. The molecule has 1 aromatic rings. The lowest BCUT2D eigenvalue weighted by Gasteiger charge is -1.92. The maximum Gasteiger partial charge on any atom is 0.294 e. The zero-order valence-electron chi connectivity index (χ0n) is 7.83. The van der Waals surface area contributed by atoms with Crippen molar-refractivity contribution in [2.45, 2.75) is 4.90 Å². The fourth-order valence-corrected chi connectivity index (χ4v) is 1.09. The average molecular weight is 229 g/mol. The zero-order valence-corrected chi connectivity index (χ0v) is 8.65. The summed E-state index contributed by atoms with van der Waals surface area (Å²) in [6.07, 6.45) is 1.06. The van der Waals surface area contributed by atoms with Crippen LogP contribution in [-0.4, -0.2) is 18.9 Å². The van der Waals surface area contributed by atoms with Gasteiger partial charge >= 0.3 is 0 Å². The van der Waals surface area contributed by atoms with Crippen LogP contribution in [0, 0.1) is 0 Å². The van der Waals surface area contributed by atoms with Crippen molar-refractivity contribution in [2.75, 3.05) is 0 Å². The molecule has 5 nitrogen and oxygen atoms in total. The van der Waals surface area contributed by atoms with Gasteiger partial charge in [0, 0.05) is 0 Å². The highest BCUT2D eigenvalue weighted by atomic mass is 32.2. The molecule has 0 unspecified atom stereocenters. The highest BCUT2D eigenvalue weighted by molar-refractivity contribution is 7.85. The molecule has 3 N–H and O–H groups in total. The standard InChI is InChI=1S/C6H6O3S.C3H5NO/c7-10(8,9)6-4-2-1-3-5-6;1-2-3(4)5/h1-5H,(H,7,8,9);2H,1H2,(H2,4,5). The molecule has 82 valence electrons. The summed E-state index contributed by atoms with van der Waals surface area (Å²) >= 11 is 0. The molecule has 0 aliphatic rings. The summed E-state index contributed by atoms with van der Waals surface area (Å²) < 4.78 is 29.2. The molecule has 0 atom stereocenters. The largest absolute Gasteiger partial charge is 0.366 e. The van der Waals surface area contributed by atoms with Crippen LogP contribution >= 0.6 is 0 Å². The molecule has 0 bridgehead atoms. The van der Waals surface area contributed by atoms with E-state index < -0.39 is 16.0 Å². The lowest BCUT2D eigenvalue weighted by Crippen LogP contribution is -2.04. The number of benzene rings is 1. The van der Waals surface area contributed by atoms with Gasteiger partial charge in [-0.15, -0.1) is 0 Å². The van der Waals surface area contributed by atoms with E-state index in [4.69, 9.17) is 4.55 Å². The number of hydrogen-bond acceptors (Lipinski definition) is 3. The second-order valence-electron chi connectivity index (χ2n) is 2.39. The van der Waals surface area contributed by atoms with Gasteiger partial charge in [-0.2, -0.15) is 8.42 Å². The zero-order chi connectivity index (χ0) is 11.9. The first-order chi connectivity index (χ1) is 6.88. The molecule has 6 heteroatoms. The monoisotopic (exact) mass is 229 g/mol. The Kier molecular flexibility index (Phi) is 5.29. The Labute approximate surface area is 88.0 Å². The predicted molar refractivity (Wildman–Crippen MR) is 55.6 cm³/mol. The normalized spacial score (nSPS) is 9.67. The first kappa shape index (κ1) is 13.3. The molecule has 0 aromatic heterocycles. The summed E-state index contributed by atoms with van der Waals surface area (Å²) in [5.74, 6) is -0.481. The minimum atomic E-state index is -4.00. The van der Waals surface area contributed by atoms with Crippen molar-refractivity contribution in [2.24, 2.45) is 5.73 Å². The molecular weight excluding hydrogens is 218 g/mol. The van der Waals surface area contributed by atoms with Crippen LogP contribution in [0.3, 0.4) is 0 Å². The van der Waals surface area contributed by atoms with E-state index in [1.807, 2.05) is 0 Å². The highest BCUT2D eigenvalue weighted by Gasteiger charge is 2.05. The van der Waals surface area contributed by atoms with Gasteiger partial charge in [-0.05, 0) is 18.2 Å². The molecule has 1 rings (SSSR count). The molecular formula is C9H11NO4S. The van der Waals surface area contributed by atoms with Crippen molar-refractivity contribution in [3.05, 3.63) is 43.0 Å².